The van der Waals surface area contributed by atoms with Crippen LogP contribution in [0.5, 0.6) is 0 Å². The van der Waals surface area contributed by atoms with Crippen LogP contribution in [0, 0.1) is 0 Å². The summed E-state index contributed by atoms with van der Waals surface area (Å²) in [7, 11) is 0. The van der Waals surface area contributed by atoms with E-state index in [0.717, 1.165) is 0 Å². The van der Waals surface area contributed by atoms with Crippen LogP contribution in [-0.2, 0) is 9.47 Å². The number of ether oxygens (including phenoxy) is 2. The minimum absolute atomic E-state index is 0.277. The molecule has 0 unspecified atom stereocenters. The molecule has 0 amide bonds. The summed E-state index contributed by atoms with van der Waals surface area (Å²) in [6, 6.07) is 0. The van der Waals surface area contributed by atoms with Gasteiger partial charge in [0.05, 0.1) is 6.20 Å². The molecule has 7 nitrogen and oxygen atoms in total. The van der Waals surface area contributed by atoms with Crippen LogP contribution in [0.4, 0.5) is 0 Å². The first-order valence-corrected chi connectivity index (χ1v) is 5.68. The number of hydrogen-bond donors (Lipinski definition) is 0. The summed E-state index contributed by atoms with van der Waals surface area (Å²) in [6.07, 6.45) is 4.06. The van der Waals surface area contributed by atoms with Gasteiger partial charge in [-0.25, -0.2) is 4.98 Å². The zero-order chi connectivity index (χ0) is 12.8. The van der Waals surface area contributed by atoms with Gasteiger partial charge in [0, 0.05) is 25.6 Å². The fraction of sp³-hybridized carbons (Fsp3) is 0.455. The maximum atomic E-state index is 5.36. The van der Waals surface area contributed by atoms with Crippen LogP contribution in [0.1, 0.15) is 26.0 Å². The lowest BCUT2D eigenvalue weighted by Crippen LogP contribution is -2.09. The van der Waals surface area contributed by atoms with Gasteiger partial charge in [-0.1, -0.05) is 5.16 Å². The van der Waals surface area contributed by atoms with Crippen molar-refractivity contribution in [2.45, 2.75) is 20.1 Å². The molecule has 0 saturated carbocycles. The van der Waals surface area contributed by atoms with E-state index in [-0.39, 0.29) is 5.89 Å². The molecule has 0 fully saturated rings. The first-order chi connectivity index (χ1) is 8.85. The summed E-state index contributed by atoms with van der Waals surface area (Å²) in [5.41, 5.74) is 0.541. The van der Waals surface area contributed by atoms with Crippen LogP contribution >= 0.6 is 0 Å². The van der Waals surface area contributed by atoms with E-state index in [1.165, 1.54) is 0 Å². The highest BCUT2D eigenvalue weighted by Gasteiger charge is 2.20. The average molecular weight is 250 g/mol. The van der Waals surface area contributed by atoms with Crippen molar-refractivity contribution in [2.75, 3.05) is 13.2 Å². The molecule has 0 radical (unpaired) electrons. The van der Waals surface area contributed by atoms with E-state index in [4.69, 9.17) is 14.0 Å². The Morgan fingerprint density at radius 3 is 2.61 bits per heavy atom. The SMILES string of the molecule is CCOC(OCC)c1nc(-c2cnccn2)no1. The predicted molar refractivity (Wildman–Crippen MR) is 61.3 cm³/mol. The minimum Gasteiger partial charge on any atom is -0.345 e. The number of aromatic nitrogens is 4. The van der Waals surface area contributed by atoms with Crippen LogP contribution in [0.15, 0.2) is 23.1 Å². The lowest BCUT2D eigenvalue weighted by molar-refractivity contribution is -0.155. The van der Waals surface area contributed by atoms with Gasteiger partial charge in [0.2, 0.25) is 12.1 Å². The largest absolute Gasteiger partial charge is 0.345 e. The Labute approximate surface area is 104 Å². The Kier molecular flexibility index (Phi) is 4.32. The summed E-state index contributed by atoms with van der Waals surface area (Å²) >= 11 is 0. The second-order valence-corrected chi connectivity index (χ2v) is 3.29. The Bertz CT molecular complexity index is 468. The van der Waals surface area contributed by atoms with Crippen molar-refractivity contribution in [1.82, 2.24) is 20.1 Å². The van der Waals surface area contributed by atoms with E-state index < -0.39 is 6.29 Å². The molecule has 0 atom stereocenters. The van der Waals surface area contributed by atoms with E-state index in [2.05, 4.69) is 20.1 Å². The third-order valence-corrected chi connectivity index (χ3v) is 2.07. The Hall–Kier alpha value is -1.86. The highest BCUT2D eigenvalue weighted by atomic mass is 16.7. The standard InChI is InChI=1S/C11H14N4O3/c1-3-16-11(17-4-2)10-14-9(15-18-10)8-7-12-5-6-13-8/h5-7,11H,3-4H2,1-2H3. The van der Waals surface area contributed by atoms with Crippen molar-refractivity contribution < 1.29 is 14.0 Å². The van der Waals surface area contributed by atoms with Crippen LogP contribution in [0.25, 0.3) is 11.5 Å². The fourth-order valence-electron chi connectivity index (χ4n) is 1.34. The smallest absolute Gasteiger partial charge is 0.284 e. The van der Waals surface area contributed by atoms with Crippen molar-refractivity contribution in [1.29, 1.82) is 0 Å². The number of nitrogens with zero attached hydrogens (tertiary/aromatic N) is 4. The fourth-order valence-corrected chi connectivity index (χ4v) is 1.34. The number of hydrogen-bond acceptors (Lipinski definition) is 7. The molecular formula is C11H14N4O3. The van der Waals surface area contributed by atoms with Gasteiger partial charge in [-0.2, -0.15) is 4.98 Å². The van der Waals surface area contributed by atoms with Crippen molar-refractivity contribution in [3.05, 3.63) is 24.5 Å². The van der Waals surface area contributed by atoms with Crippen molar-refractivity contribution >= 4 is 0 Å². The average Bonchev–Trinajstić information content (AvgIpc) is 2.89. The first-order valence-electron chi connectivity index (χ1n) is 5.68. The molecule has 2 aromatic rings. The summed E-state index contributed by atoms with van der Waals surface area (Å²) in [5, 5.41) is 3.82. The third kappa shape index (κ3) is 2.88. The van der Waals surface area contributed by atoms with E-state index in [9.17, 15) is 0 Å². The van der Waals surface area contributed by atoms with Gasteiger partial charge in [-0.05, 0) is 13.8 Å². The van der Waals surface area contributed by atoms with Crippen LogP contribution < -0.4 is 0 Å². The first kappa shape index (κ1) is 12.6. The van der Waals surface area contributed by atoms with E-state index in [1.807, 2.05) is 13.8 Å². The van der Waals surface area contributed by atoms with Gasteiger partial charge in [-0.15, -0.1) is 0 Å². The van der Waals surface area contributed by atoms with E-state index >= 15 is 0 Å². The molecule has 0 aliphatic rings. The molecule has 0 spiro atoms. The lowest BCUT2D eigenvalue weighted by Gasteiger charge is -2.11. The maximum absolute atomic E-state index is 5.36. The molecule has 0 aliphatic heterocycles. The van der Waals surface area contributed by atoms with Crippen LogP contribution in [0.3, 0.4) is 0 Å². The molecule has 0 bridgehead atoms. The van der Waals surface area contributed by atoms with Crippen LogP contribution in [0.2, 0.25) is 0 Å². The zero-order valence-electron chi connectivity index (χ0n) is 10.2. The molecule has 0 saturated heterocycles. The van der Waals surface area contributed by atoms with Gasteiger partial charge in [-0.3, -0.25) is 4.98 Å². The molecule has 7 heteroatoms. The summed E-state index contributed by atoms with van der Waals surface area (Å²) in [6.45, 7) is 4.72. The molecular weight excluding hydrogens is 236 g/mol. The summed E-state index contributed by atoms with van der Waals surface area (Å²) in [4.78, 5) is 12.2. The molecule has 2 rings (SSSR count). The molecule has 2 aromatic heterocycles. The van der Waals surface area contributed by atoms with Crippen molar-refractivity contribution in [3.63, 3.8) is 0 Å². The van der Waals surface area contributed by atoms with E-state index in [0.29, 0.717) is 24.7 Å². The zero-order valence-corrected chi connectivity index (χ0v) is 10.2. The molecule has 96 valence electrons. The highest BCUT2D eigenvalue weighted by Crippen LogP contribution is 2.19. The molecule has 0 aliphatic carbocycles. The van der Waals surface area contributed by atoms with Gasteiger partial charge >= 0.3 is 0 Å². The van der Waals surface area contributed by atoms with Gasteiger partial charge < -0.3 is 14.0 Å². The normalized spacial score (nSPS) is 11.1. The monoisotopic (exact) mass is 250 g/mol. The molecule has 0 N–H and O–H groups in total. The second kappa shape index (κ2) is 6.18. The van der Waals surface area contributed by atoms with Gasteiger partial charge in [0.15, 0.2) is 0 Å². The summed E-state index contributed by atoms with van der Waals surface area (Å²) in [5.74, 6) is 0.641. The molecule has 2 heterocycles. The quantitative estimate of drug-likeness (QED) is 0.720. The Balaban J connectivity index is 2.18. The predicted octanol–water partition coefficient (Wildman–Crippen LogP) is 1.60. The highest BCUT2D eigenvalue weighted by molar-refractivity contribution is 5.45. The molecule has 0 aromatic carbocycles. The van der Waals surface area contributed by atoms with Crippen molar-refractivity contribution in [3.8, 4) is 11.5 Å². The van der Waals surface area contributed by atoms with Gasteiger partial charge in [0.1, 0.15) is 5.69 Å². The Morgan fingerprint density at radius 2 is 2.00 bits per heavy atom. The van der Waals surface area contributed by atoms with Gasteiger partial charge in [0.25, 0.3) is 5.89 Å². The third-order valence-electron chi connectivity index (χ3n) is 2.07. The number of rotatable bonds is 6. The van der Waals surface area contributed by atoms with Crippen molar-refractivity contribution in [2.24, 2.45) is 0 Å². The second-order valence-electron chi connectivity index (χ2n) is 3.29. The lowest BCUT2D eigenvalue weighted by atomic mass is 10.4. The summed E-state index contributed by atoms with van der Waals surface area (Å²) < 4.78 is 15.8. The van der Waals surface area contributed by atoms with E-state index in [1.54, 1.807) is 18.6 Å². The topological polar surface area (TPSA) is 83.2 Å². The van der Waals surface area contributed by atoms with Crippen LogP contribution in [-0.4, -0.2) is 33.3 Å². The minimum atomic E-state index is -0.641. The Morgan fingerprint density at radius 1 is 1.22 bits per heavy atom. The molecule has 18 heavy (non-hydrogen) atoms. The maximum Gasteiger partial charge on any atom is 0.284 e.